The highest BCUT2D eigenvalue weighted by Crippen LogP contribution is 2.34. The zero-order valence-electron chi connectivity index (χ0n) is 17.1. The molecule has 0 bridgehead atoms. The maximum absolute atomic E-state index is 10.7. The van der Waals surface area contributed by atoms with E-state index in [1.165, 1.54) is 7.11 Å². The lowest BCUT2D eigenvalue weighted by Crippen LogP contribution is -2.16. The van der Waals surface area contributed by atoms with E-state index >= 15 is 0 Å². The third-order valence-electron chi connectivity index (χ3n) is 4.88. The molecule has 30 heavy (non-hydrogen) atoms. The highest BCUT2D eigenvalue weighted by atomic mass is 16.5. The van der Waals surface area contributed by atoms with E-state index in [1.54, 1.807) is 74.6 Å². The van der Waals surface area contributed by atoms with Gasteiger partial charge in [0.25, 0.3) is 5.88 Å². The highest BCUT2D eigenvalue weighted by Gasteiger charge is 2.19. The molecule has 0 aliphatic carbocycles. The first-order valence-corrected chi connectivity index (χ1v) is 9.29. The topological polar surface area (TPSA) is 103 Å². The van der Waals surface area contributed by atoms with E-state index < -0.39 is 5.60 Å². The molecule has 4 rings (SSSR count). The fourth-order valence-corrected chi connectivity index (χ4v) is 3.20. The van der Waals surface area contributed by atoms with Gasteiger partial charge in [0.1, 0.15) is 0 Å². The first-order valence-electron chi connectivity index (χ1n) is 9.29. The number of pyridine rings is 3. The van der Waals surface area contributed by atoms with Crippen LogP contribution in [0.3, 0.4) is 0 Å². The van der Waals surface area contributed by atoms with Gasteiger partial charge in [-0.15, -0.1) is 0 Å². The minimum absolute atomic E-state index is 0.0455. The van der Waals surface area contributed by atoms with Crippen LogP contribution in [0.25, 0.3) is 27.8 Å². The molecule has 8 heteroatoms. The number of rotatable bonds is 5. The number of aromatic nitrogens is 4. The lowest BCUT2D eigenvalue weighted by molar-refractivity contribution is 0.0782. The van der Waals surface area contributed by atoms with Crippen molar-refractivity contribution in [2.75, 3.05) is 14.2 Å². The summed E-state index contributed by atoms with van der Waals surface area (Å²) in [6, 6.07) is 7.19. The van der Waals surface area contributed by atoms with Crippen LogP contribution in [-0.4, -0.2) is 44.0 Å². The van der Waals surface area contributed by atoms with Gasteiger partial charge in [0, 0.05) is 29.7 Å². The molecular formula is C22H22N4O4. The third kappa shape index (κ3) is 3.42. The molecule has 154 valence electrons. The second-order valence-corrected chi connectivity index (χ2v) is 7.38. The van der Waals surface area contributed by atoms with Gasteiger partial charge < -0.3 is 19.7 Å². The number of ether oxygens (including phenoxy) is 2. The van der Waals surface area contributed by atoms with Crippen molar-refractivity contribution in [2.24, 2.45) is 0 Å². The van der Waals surface area contributed by atoms with Gasteiger partial charge in [0.05, 0.1) is 48.3 Å². The fourth-order valence-electron chi connectivity index (χ4n) is 3.20. The van der Waals surface area contributed by atoms with Gasteiger partial charge in [0.15, 0.2) is 5.75 Å². The van der Waals surface area contributed by atoms with Gasteiger partial charge in [-0.25, -0.2) is 9.97 Å². The zero-order chi connectivity index (χ0) is 21.5. The molecule has 0 saturated carbocycles. The normalized spacial score (nSPS) is 11.6. The minimum atomic E-state index is -1.04. The molecule has 0 atom stereocenters. The summed E-state index contributed by atoms with van der Waals surface area (Å²) >= 11 is 0. The van der Waals surface area contributed by atoms with Crippen LogP contribution < -0.4 is 9.47 Å². The Morgan fingerprint density at radius 1 is 1.03 bits per heavy atom. The Bertz CT molecular complexity index is 1230. The van der Waals surface area contributed by atoms with Gasteiger partial charge >= 0.3 is 0 Å². The predicted molar refractivity (Wildman–Crippen MR) is 112 cm³/mol. The maximum atomic E-state index is 10.7. The Morgan fingerprint density at radius 2 is 1.83 bits per heavy atom. The van der Waals surface area contributed by atoms with Crippen molar-refractivity contribution in [1.29, 1.82) is 0 Å². The van der Waals surface area contributed by atoms with Crippen molar-refractivity contribution < 1.29 is 19.7 Å². The molecule has 4 aromatic heterocycles. The Morgan fingerprint density at radius 3 is 2.53 bits per heavy atom. The summed E-state index contributed by atoms with van der Waals surface area (Å²) in [5.41, 5.74) is 2.26. The lowest BCUT2D eigenvalue weighted by Gasteiger charge is -2.18. The summed E-state index contributed by atoms with van der Waals surface area (Å²) in [4.78, 5) is 13.1. The number of aromatic hydroxyl groups is 1. The molecule has 0 radical (unpaired) electrons. The maximum Gasteiger partial charge on any atom is 0.256 e. The summed E-state index contributed by atoms with van der Waals surface area (Å²) in [5.74, 6) is 0.946. The largest absolute Gasteiger partial charge is 0.494 e. The number of aliphatic hydroxyl groups is 1. The highest BCUT2D eigenvalue weighted by molar-refractivity contribution is 5.87. The predicted octanol–water partition coefficient (Wildman–Crippen LogP) is 3.43. The number of hydrogen-bond acceptors (Lipinski definition) is 7. The van der Waals surface area contributed by atoms with Crippen LogP contribution in [0.2, 0.25) is 0 Å². The van der Waals surface area contributed by atoms with Gasteiger partial charge in [-0.3, -0.25) is 9.55 Å². The van der Waals surface area contributed by atoms with Crippen molar-refractivity contribution in [3.8, 4) is 34.5 Å². The van der Waals surface area contributed by atoms with Crippen LogP contribution in [0, 0.1) is 0 Å². The summed E-state index contributed by atoms with van der Waals surface area (Å²) in [5, 5.41) is 21.6. The molecule has 0 spiro atoms. The van der Waals surface area contributed by atoms with Crippen molar-refractivity contribution in [2.45, 2.75) is 19.4 Å². The molecule has 0 fully saturated rings. The average Bonchev–Trinajstić information content (AvgIpc) is 3.08. The van der Waals surface area contributed by atoms with Crippen LogP contribution in [-0.2, 0) is 5.60 Å². The first kappa shape index (κ1) is 19.7. The molecule has 2 N–H and O–H groups in total. The summed E-state index contributed by atoms with van der Waals surface area (Å²) in [6.45, 7) is 3.37. The minimum Gasteiger partial charge on any atom is -0.494 e. The van der Waals surface area contributed by atoms with Crippen LogP contribution >= 0.6 is 0 Å². The van der Waals surface area contributed by atoms with Crippen LogP contribution in [0.1, 0.15) is 19.4 Å². The number of fused-ring (bicyclic) bond motifs is 1. The van der Waals surface area contributed by atoms with E-state index in [1.807, 2.05) is 0 Å². The van der Waals surface area contributed by atoms with Gasteiger partial charge in [0.2, 0.25) is 5.88 Å². The first-order chi connectivity index (χ1) is 14.3. The molecule has 4 heterocycles. The van der Waals surface area contributed by atoms with Crippen molar-refractivity contribution in [3.63, 3.8) is 0 Å². The second-order valence-electron chi connectivity index (χ2n) is 7.38. The molecule has 0 unspecified atom stereocenters. The van der Waals surface area contributed by atoms with E-state index in [-0.39, 0.29) is 5.88 Å². The summed E-state index contributed by atoms with van der Waals surface area (Å²) in [6.07, 6.45) is 6.60. The van der Waals surface area contributed by atoms with Gasteiger partial charge in [-0.1, -0.05) is 0 Å². The molecule has 0 aromatic carbocycles. The van der Waals surface area contributed by atoms with E-state index in [0.717, 1.165) is 5.56 Å². The number of methoxy groups -OCH3 is 2. The number of hydrogen-bond donors (Lipinski definition) is 2. The molecule has 8 nitrogen and oxygen atoms in total. The van der Waals surface area contributed by atoms with Gasteiger partial charge in [-0.2, -0.15) is 0 Å². The SMILES string of the molecule is COc1cc(-c2ccc3c(O)n(-c4cncc(C(C)(C)O)c4)cc3n2)cnc1OC. The molecule has 0 aliphatic heterocycles. The van der Waals surface area contributed by atoms with Crippen LogP contribution in [0.5, 0.6) is 17.5 Å². The monoisotopic (exact) mass is 406 g/mol. The zero-order valence-corrected chi connectivity index (χ0v) is 17.1. The quantitative estimate of drug-likeness (QED) is 0.523. The molecule has 0 aliphatic rings. The van der Waals surface area contributed by atoms with E-state index in [2.05, 4.69) is 15.0 Å². The van der Waals surface area contributed by atoms with E-state index in [9.17, 15) is 10.2 Å². The van der Waals surface area contributed by atoms with Crippen LogP contribution in [0.15, 0.2) is 49.1 Å². The van der Waals surface area contributed by atoms with Gasteiger partial charge in [-0.05, 0) is 38.1 Å². The Kier molecular flexibility index (Phi) is 4.79. The van der Waals surface area contributed by atoms with Crippen LogP contribution in [0.4, 0.5) is 0 Å². The Hall–Kier alpha value is -3.65. The summed E-state index contributed by atoms with van der Waals surface area (Å²) in [7, 11) is 3.08. The molecule has 0 saturated heterocycles. The smallest absolute Gasteiger partial charge is 0.256 e. The second kappa shape index (κ2) is 7.31. The molecular weight excluding hydrogens is 384 g/mol. The molecule has 0 amide bonds. The van der Waals surface area contributed by atoms with E-state index in [0.29, 0.717) is 39.5 Å². The van der Waals surface area contributed by atoms with Crippen molar-refractivity contribution in [1.82, 2.24) is 19.5 Å². The Balaban J connectivity index is 1.79. The molecule has 4 aromatic rings. The number of nitrogens with zero attached hydrogens (tertiary/aromatic N) is 4. The third-order valence-corrected chi connectivity index (χ3v) is 4.88. The summed E-state index contributed by atoms with van der Waals surface area (Å²) < 4.78 is 12.1. The Labute approximate surface area is 173 Å². The standard InChI is InChI=1S/C22H22N4O4/c1-22(2,28)14-8-15(11-23-10-14)26-12-18-16(21(26)27)5-6-17(25-18)13-7-19(29-3)20(30-4)24-9-13/h5-12,27-28H,1-4H3. The average molecular weight is 406 g/mol. The van der Waals surface area contributed by atoms with Crippen molar-refractivity contribution in [3.05, 3.63) is 54.6 Å². The lowest BCUT2D eigenvalue weighted by atomic mass is 10.0. The van der Waals surface area contributed by atoms with Crippen molar-refractivity contribution >= 4 is 10.9 Å². The fraction of sp³-hybridized carbons (Fsp3) is 0.227. The van der Waals surface area contributed by atoms with E-state index in [4.69, 9.17) is 9.47 Å².